The number of allylic oxidation sites excluding steroid dienone is 2. The molecule has 506 valence electrons. The second-order valence-corrected chi connectivity index (χ2v) is 27.4. The van der Waals surface area contributed by atoms with E-state index in [1.54, 1.807) is 0 Å². The molecule has 0 saturated carbocycles. The number of nitrogens with one attached hydrogen (secondary N) is 1. The van der Waals surface area contributed by atoms with Crippen molar-refractivity contribution in [3.05, 3.63) is 12.2 Å². The van der Waals surface area contributed by atoms with Crippen molar-refractivity contribution < 1.29 is 24.5 Å². The molecule has 2 unspecified atom stereocenters. The Morgan fingerprint density at radius 2 is 0.553 bits per heavy atom. The molecule has 0 aliphatic heterocycles. The molecular formula is C79H155NO5. The van der Waals surface area contributed by atoms with Gasteiger partial charge in [-0.05, 0) is 51.4 Å². The lowest BCUT2D eigenvalue weighted by atomic mass is 10.0. The number of esters is 1. The van der Waals surface area contributed by atoms with Crippen molar-refractivity contribution in [3.8, 4) is 0 Å². The normalized spacial score (nSPS) is 12.5. The van der Waals surface area contributed by atoms with Gasteiger partial charge in [0.25, 0.3) is 0 Å². The van der Waals surface area contributed by atoms with Gasteiger partial charge in [-0.15, -0.1) is 0 Å². The second kappa shape index (κ2) is 75.1. The summed E-state index contributed by atoms with van der Waals surface area (Å²) in [6, 6.07) is -0.540. The number of rotatable bonds is 75. The molecular weight excluding hydrogens is 1040 g/mol. The fourth-order valence-corrected chi connectivity index (χ4v) is 12.8. The van der Waals surface area contributed by atoms with Gasteiger partial charge in [-0.2, -0.15) is 0 Å². The predicted octanol–water partition coefficient (Wildman–Crippen LogP) is 25.9. The smallest absolute Gasteiger partial charge is 0.305 e. The Bertz CT molecular complexity index is 1290. The Morgan fingerprint density at radius 1 is 0.318 bits per heavy atom. The van der Waals surface area contributed by atoms with Gasteiger partial charge in [-0.3, -0.25) is 9.59 Å². The molecule has 6 nitrogen and oxygen atoms in total. The largest absolute Gasteiger partial charge is 0.466 e. The highest BCUT2D eigenvalue weighted by Gasteiger charge is 2.20. The summed E-state index contributed by atoms with van der Waals surface area (Å²) >= 11 is 0. The number of hydrogen-bond acceptors (Lipinski definition) is 5. The van der Waals surface area contributed by atoms with E-state index in [1.807, 2.05) is 0 Å². The van der Waals surface area contributed by atoms with Crippen LogP contribution < -0.4 is 5.32 Å². The Kier molecular flexibility index (Phi) is 73.8. The summed E-state index contributed by atoms with van der Waals surface area (Å²) in [5, 5.41) is 23.5. The Morgan fingerprint density at radius 3 is 0.835 bits per heavy atom. The summed E-state index contributed by atoms with van der Waals surface area (Å²) in [5.74, 6) is -0.0120. The third-order valence-electron chi connectivity index (χ3n) is 18.8. The van der Waals surface area contributed by atoms with Crippen LogP contribution in [0.4, 0.5) is 0 Å². The molecule has 0 heterocycles. The van der Waals surface area contributed by atoms with Gasteiger partial charge < -0.3 is 20.3 Å². The van der Waals surface area contributed by atoms with Crippen LogP contribution in [0.5, 0.6) is 0 Å². The highest BCUT2D eigenvalue weighted by Crippen LogP contribution is 2.20. The van der Waals surface area contributed by atoms with E-state index in [-0.39, 0.29) is 18.5 Å². The molecule has 0 aromatic rings. The van der Waals surface area contributed by atoms with Crippen LogP contribution in [0.3, 0.4) is 0 Å². The minimum atomic E-state index is -0.663. The lowest BCUT2D eigenvalue weighted by molar-refractivity contribution is -0.143. The highest BCUT2D eigenvalue weighted by molar-refractivity contribution is 5.76. The lowest BCUT2D eigenvalue weighted by Gasteiger charge is -2.22. The van der Waals surface area contributed by atoms with Gasteiger partial charge in [0.05, 0.1) is 25.4 Å². The Labute approximate surface area is 533 Å². The minimum Gasteiger partial charge on any atom is -0.466 e. The fraction of sp³-hybridized carbons (Fsp3) is 0.949. The van der Waals surface area contributed by atoms with Crippen molar-refractivity contribution in [3.63, 3.8) is 0 Å². The summed E-state index contributed by atoms with van der Waals surface area (Å²) in [6.07, 6.45) is 94.4. The van der Waals surface area contributed by atoms with E-state index < -0.39 is 12.1 Å². The van der Waals surface area contributed by atoms with E-state index in [0.29, 0.717) is 25.9 Å². The van der Waals surface area contributed by atoms with Crippen molar-refractivity contribution in [1.82, 2.24) is 5.32 Å². The molecule has 0 aromatic heterocycles. The first-order valence-corrected chi connectivity index (χ1v) is 39.4. The molecule has 0 saturated heterocycles. The van der Waals surface area contributed by atoms with Crippen LogP contribution in [-0.4, -0.2) is 47.4 Å². The van der Waals surface area contributed by atoms with E-state index in [2.05, 4.69) is 31.3 Å². The molecule has 0 aliphatic carbocycles. The van der Waals surface area contributed by atoms with Gasteiger partial charge in [-0.1, -0.05) is 405 Å². The molecule has 0 aliphatic rings. The summed E-state index contributed by atoms with van der Waals surface area (Å²) < 4.78 is 5.50. The molecule has 1 amide bonds. The number of ether oxygens (including phenoxy) is 1. The Hall–Kier alpha value is -1.40. The molecule has 0 fully saturated rings. The molecule has 0 aromatic carbocycles. The number of unbranched alkanes of at least 4 members (excludes halogenated alkanes) is 62. The van der Waals surface area contributed by atoms with Crippen molar-refractivity contribution in [2.75, 3.05) is 13.2 Å². The molecule has 0 radical (unpaired) electrons. The molecule has 2 atom stereocenters. The van der Waals surface area contributed by atoms with Crippen molar-refractivity contribution in [1.29, 1.82) is 0 Å². The number of hydrogen-bond donors (Lipinski definition) is 3. The number of carbonyl (C=O) groups is 2. The molecule has 6 heteroatoms. The summed E-state index contributed by atoms with van der Waals surface area (Å²) in [4.78, 5) is 24.7. The minimum absolute atomic E-state index is 0.0135. The Balaban J connectivity index is 3.34. The number of aliphatic hydroxyl groups is 2. The average molecular weight is 1200 g/mol. The molecule has 3 N–H and O–H groups in total. The molecule has 0 rings (SSSR count). The second-order valence-electron chi connectivity index (χ2n) is 27.4. The van der Waals surface area contributed by atoms with E-state index in [0.717, 1.165) is 44.9 Å². The van der Waals surface area contributed by atoms with Crippen molar-refractivity contribution in [2.45, 2.75) is 469 Å². The average Bonchev–Trinajstić information content (AvgIpc) is 3.51. The van der Waals surface area contributed by atoms with Gasteiger partial charge in [0.15, 0.2) is 0 Å². The van der Waals surface area contributed by atoms with E-state index in [4.69, 9.17) is 4.74 Å². The van der Waals surface area contributed by atoms with E-state index in [9.17, 15) is 19.8 Å². The third-order valence-corrected chi connectivity index (χ3v) is 18.8. The van der Waals surface area contributed by atoms with Crippen LogP contribution in [0.1, 0.15) is 457 Å². The van der Waals surface area contributed by atoms with Gasteiger partial charge in [0.2, 0.25) is 5.91 Å². The van der Waals surface area contributed by atoms with Crippen LogP contribution in [0, 0.1) is 0 Å². The monoisotopic (exact) mass is 1200 g/mol. The van der Waals surface area contributed by atoms with Crippen molar-refractivity contribution in [2.24, 2.45) is 0 Å². The SMILES string of the molecule is CCCCCCCCC/C=C\CCCCCCCC(=O)OCCCCCCCCCCCCCCCCCCCCCCCCCCCCCCCC(=O)NC(CO)C(O)CCCCCCCCCCCCCCCCCCCCCCCCC. The van der Waals surface area contributed by atoms with E-state index >= 15 is 0 Å². The first kappa shape index (κ1) is 83.6. The number of amides is 1. The standard InChI is InChI=1S/C79H155NO5/c1-3-5-7-9-11-13-15-17-19-21-22-23-31-34-37-40-43-47-51-55-59-63-67-71-77(82)76(75-81)80-78(83)72-68-64-60-56-52-48-44-41-38-35-32-29-27-25-24-26-28-30-33-36-39-42-46-50-54-58-62-66-70-74-85-79(84)73-69-65-61-57-53-49-45-20-18-16-14-12-10-8-6-4-2/h20,45,76-77,81-82H,3-19,21-44,46-75H2,1-2H3,(H,80,83)/b45-20-. The molecule has 85 heavy (non-hydrogen) atoms. The van der Waals surface area contributed by atoms with Crippen LogP contribution in [0.15, 0.2) is 12.2 Å². The quantitative estimate of drug-likeness (QED) is 0.0320. The van der Waals surface area contributed by atoms with Gasteiger partial charge in [-0.25, -0.2) is 0 Å². The topological polar surface area (TPSA) is 95.9 Å². The first-order chi connectivity index (χ1) is 42.0. The van der Waals surface area contributed by atoms with Crippen LogP contribution in [-0.2, 0) is 14.3 Å². The predicted molar refractivity (Wildman–Crippen MR) is 375 cm³/mol. The van der Waals surface area contributed by atoms with Gasteiger partial charge in [0.1, 0.15) is 0 Å². The lowest BCUT2D eigenvalue weighted by Crippen LogP contribution is -2.45. The summed E-state index contributed by atoms with van der Waals surface area (Å²) in [5.41, 5.74) is 0. The fourth-order valence-electron chi connectivity index (χ4n) is 12.8. The zero-order valence-electron chi connectivity index (χ0n) is 58.1. The zero-order chi connectivity index (χ0) is 61.3. The van der Waals surface area contributed by atoms with Crippen molar-refractivity contribution >= 4 is 11.9 Å². The third kappa shape index (κ3) is 71.6. The maximum absolute atomic E-state index is 12.6. The maximum Gasteiger partial charge on any atom is 0.305 e. The number of aliphatic hydroxyl groups excluding tert-OH is 2. The first-order valence-electron chi connectivity index (χ1n) is 39.4. The molecule has 0 spiro atoms. The van der Waals surface area contributed by atoms with Gasteiger partial charge in [0, 0.05) is 12.8 Å². The van der Waals surface area contributed by atoms with Crippen LogP contribution in [0.2, 0.25) is 0 Å². The summed E-state index contributed by atoms with van der Waals surface area (Å²) in [6.45, 7) is 5.00. The van der Waals surface area contributed by atoms with E-state index in [1.165, 1.54) is 379 Å². The number of carbonyl (C=O) groups excluding carboxylic acids is 2. The van der Waals surface area contributed by atoms with Crippen LogP contribution in [0.25, 0.3) is 0 Å². The molecule has 0 bridgehead atoms. The highest BCUT2D eigenvalue weighted by atomic mass is 16.5. The van der Waals surface area contributed by atoms with Gasteiger partial charge >= 0.3 is 5.97 Å². The maximum atomic E-state index is 12.6. The zero-order valence-corrected chi connectivity index (χ0v) is 58.1. The van der Waals surface area contributed by atoms with Crippen LogP contribution >= 0.6 is 0 Å². The summed E-state index contributed by atoms with van der Waals surface area (Å²) in [7, 11) is 0.